The molecule has 1 aliphatic carbocycles. The number of thiazole rings is 1. The van der Waals surface area contributed by atoms with E-state index in [1.807, 2.05) is 6.92 Å². The Morgan fingerprint density at radius 3 is 2.62 bits per heavy atom. The third kappa shape index (κ3) is 2.38. The molecule has 4 heteroatoms. The number of hydrogen-bond donors (Lipinski definition) is 1. The summed E-state index contributed by atoms with van der Waals surface area (Å²) >= 11 is 1.70. The molecule has 0 amide bonds. The average molecular weight is 239 g/mol. The Hall–Kier alpha value is -0.610. The summed E-state index contributed by atoms with van der Waals surface area (Å²) in [6, 6.07) is 0. The highest BCUT2D eigenvalue weighted by Gasteiger charge is 2.35. The summed E-state index contributed by atoms with van der Waals surface area (Å²) in [5, 5.41) is 6.65. The van der Waals surface area contributed by atoms with Crippen molar-refractivity contribution in [3.05, 3.63) is 11.1 Å². The Morgan fingerprint density at radius 2 is 2.12 bits per heavy atom. The van der Waals surface area contributed by atoms with Gasteiger partial charge in [-0.25, -0.2) is 4.98 Å². The van der Waals surface area contributed by atoms with Crippen molar-refractivity contribution in [1.29, 1.82) is 0 Å². The molecule has 0 radical (unpaired) electrons. The van der Waals surface area contributed by atoms with E-state index in [9.17, 15) is 0 Å². The molecule has 1 aromatic rings. The van der Waals surface area contributed by atoms with Crippen molar-refractivity contribution < 1.29 is 0 Å². The number of aryl methyl sites for hydroxylation is 1. The Balaban J connectivity index is 1.97. The van der Waals surface area contributed by atoms with Gasteiger partial charge in [-0.2, -0.15) is 0 Å². The molecule has 1 fully saturated rings. The van der Waals surface area contributed by atoms with Gasteiger partial charge in [0.15, 0.2) is 5.13 Å². The van der Waals surface area contributed by atoms with Gasteiger partial charge in [0.2, 0.25) is 0 Å². The molecule has 1 N–H and O–H groups in total. The van der Waals surface area contributed by atoms with Crippen LogP contribution in [-0.4, -0.2) is 36.1 Å². The number of aromatic nitrogens is 1. The molecule has 1 heterocycles. The quantitative estimate of drug-likeness (QED) is 0.875. The monoisotopic (exact) mass is 239 g/mol. The molecule has 2 rings (SSSR count). The summed E-state index contributed by atoms with van der Waals surface area (Å²) in [4.78, 5) is 6.83. The van der Waals surface area contributed by atoms with Gasteiger partial charge in [-0.3, -0.25) is 0 Å². The lowest BCUT2D eigenvalue weighted by Gasteiger charge is -2.36. The predicted octanol–water partition coefficient (Wildman–Crippen LogP) is 2.74. The van der Waals surface area contributed by atoms with Crippen LogP contribution in [0.15, 0.2) is 5.38 Å². The maximum absolute atomic E-state index is 4.45. The van der Waals surface area contributed by atoms with Crippen LogP contribution in [0.25, 0.3) is 0 Å². The normalized spacial score (nSPS) is 19.2. The second-order valence-corrected chi connectivity index (χ2v) is 5.83. The van der Waals surface area contributed by atoms with Crippen LogP contribution in [0.4, 0.5) is 5.13 Å². The first kappa shape index (κ1) is 11.9. The molecule has 0 aliphatic heterocycles. The first-order valence-electron chi connectivity index (χ1n) is 5.96. The fourth-order valence-corrected chi connectivity index (χ4v) is 3.18. The molecular formula is C12H21N3S. The smallest absolute Gasteiger partial charge is 0.182 e. The molecule has 1 saturated carbocycles. The molecule has 90 valence electrons. The van der Waals surface area contributed by atoms with E-state index in [1.165, 1.54) is 25.7 Å². The summed E-state index contributed by atoms with van der Waals surface area (Å²) in [5.41, 5.74) is 1.46. The fraction of sp³-hybridized carbons (Fsp3) is 0.750. The lowest BCUT2D eigenvalue weighted by molar-refractivity contribution is 0.172. The predicted molar refractivity (Wildman–Crippen MR) is 70.2 cm³/mol. The summed E-state index contributed by atoms with van der Waals surface area (Å²) < 4.78 is 0. The molecule has 3 nitrogen and oxygen atoms in total. The van der Waals surface area contributed by atoms with Crippen LogP contribution in [0.1, 0.15) is 31.4 Å². The van der Waals surface area contributed by atoms with Crippen LogP contribution < -0.4 is 5.32 Å². The van der Waals surface area contributed by atoms with Crippen molar-refractivity contribution in [2.45, 2.75) is 38.1 Å². The molecule has 0 bridgehead atoms. The van der Waals surface area contributed by atoms with Crippen molar-refractivity contribution in [2.24, 2.45) is 0 Å². The zero-order valence-electron chi connectivity index (χ0n) is 10.4. The van der Waals surface area contributed by atoms with Gasteiger partial charge in [0.25, 0.3) is 0 Å². The Labute approximate surface area is 102 Å². The highest BCUT2D eigenvalue weighted by atomic mass is 32.1. The second-order valence-electron chi connectivity index (χ2n) is 4.97. The number of anilines is 1. The number of likely N-dealkylation sites (N-methyl/N-ethyl adjacent to an activating group) is 1. The van der Waals surface area contributed by atoms with Crippen molar-refractivity contribution in [3.8, 4) is 0 Å². The van der Waals surface area contributed by atoms with Gasteiger partial charge in [0, 0.05) is 17.5 Å². The maximum atomic E-state index is 4.45. The second kappa shape index (κ2) is 4.72. The molecule has 0 atom stereocenters. The third-order valence-corrected chi connectivity index (χ3v) is 4.59. The summed E-state index contributed by atoms with van der Waals surface area (Å²) in [7, 11) is 4.39. The molecule has 1 aliphatic rings. The molecule has 1 aromatic heterocycles. The van der Waals surface area contributed by atoms with E-state index in [0.717, 1.165) is 17.4 Å². The van der Waals surface area contributed by atoms with E-state index in [-0.39, 0.29) is 0 Å². The molecule has 16 heavy (non-hydrogen) atoms. The van der Waals surface area contributed by atoms with E-state index in [2.05, 4.69) is 34.7 Å². The zero-order chi connectivity index (χ0) is 11.6. The fourth-order valence-electron chi connectivity index (χ4n) is 2.49. The van der Waals surface area contributed by atoms with Crippen LogP contribution in [0.5, 0.6) is 0 Å². The van der Waals surface area contributed by atoms with Crippen LogP contribution in [0.3, 0.4) is 0 Å². The zero-order valence-corrected chi connectivity index (χ0v) is 11.2. The lowest BCUT2D eigenvalue weighted by Crippen LogP contribution is -2.47. The minimum Gasteiger partial charge on any atom is -0.360 e. The van der Waals surface area contributed by atoms with Gasteiger partial charge >= 0.3 is 0 Å². The van der Waals surface area contributed by atoms with E-state index < -0.39 is 0 Å². The van der Waals surface area contributed by atoms with Gasteiger partial charge in [-0.1, -0.05) is 12.8 Å². The molecule has 0 aromatic carbocycles. The molecule has 0 saturated heterocycles. The van der Waals surface area contributed by atoms with E-state index in [4.69, 9.17) is 0 Å². The highest BCUT2D eigenvalue weighted by Crippen LogP contribution is 2.34. The largest absolute Gasteiger partial charge is 0.360 e. The number of rotatable bonds is 4. The minimum absolute atomic E-state index is 0.347. The standard InChI is InChI=1S/C12H21N3S/c1-10-8-16-11(14-10)13-9-12(15(2)3)6-4-5-7-12/h8H,4-7,9H2,1-3H3,(H,13,14). The van der Waals surface area contributed by atoms with Gasteiger partial charge in [0.05, 0.1) is 5.69 Å². The SMILES string of the molecule is Cc1csc(NCC2(N(C)C)CCCC2)n1. The summed E-state index contributed by atoms with van der Waals surface area (Å²) in [5.74, 6) is 0. The highest BCUT2D eigenvalue weighted by molar-refractivity contribution is 7.13. The number of hydrogen-bond acceptors (Lipinski definition) is 4. The van der Waals surface area contributed by atoms with Crippen molar-refractivity contribution in [2.75, 3.05) is 26.0 Å². The van der Waals surface area contributed by atoms with Crippen LogP contribution in [0.2, 0.25) is 0 Å². The van der Waals surface area contributed by atoms with Crippen LogP contribution >= 0.6 is 11.3 Å². The van der Waals surface area contributed by atoms with Gasteiger partial charge in [0.1, 0.15) is 0 Å². The van der Waals surface area contributed by atoms with Gasteiger partial charge in [-0.15, -0.1) is 11.3 Å². The first-order valence-corrected chi connectivity index (χ1v) is 6.84. The van der Waals surface area contributed by atoms with Crippen molar-refractivity contribution in [1.82, 2.24) is 9.88 Å². The third-order valence-electron chi connectivity index (χ3n) is 3.67. The molecular weight excluding hydrogens is 218 g/mol. The molecule has 0 spiro atoms. The van der Waals surface area contributed by atoms with Crippen molar-refractivity contribution in [3.63, 3.8) is 0 Å². The van der Waals surface area contributed by atoms with E-state index in [1.54, 1.807) is 11.3 Å². The van der Waals surface area contributed by atoms with Gasteiger partial charge < -0.3 is 10.2 Å². The van der Waals surface area contributed by atoms with E-state index >= 15 is 0 Å². The van der Waals surface area contributed by atoms with Crippen LogP contribution in [0, 0.1) is 6.92 Å². The lowest BCUT2D eigenvalue weighted by atomic mass is 9.96. The minimum atomic E-state index is 0.347. The van der Waals surface area contributed by atoms with Crippen molar-refractivity contribution >= 4 is 16.5 Å². The summed E-state index contributed by atoms with van der Waals surface area (Å²) in [6.45, 7) is 3.06. The topological polar surface area (TPSA) is 28.2 Å². The van der Waals surface area contributed by atoms with E-state index in [0.29, 0.717) is 5.54 Å². The average Bonchev–Trinajstić information content (AvgIpc) is 2.84. The van der Waals surface area contributed by atoms with Gasteiger partial charge in [-0.05, 0) is 33.9 Å². The Kier molecular flexibility index (Phi) is 3.50. The molecule has 0 unspecified atom stereocenters. The van der Waals surface area contributed by atoms with Crippen LogP contribution in [-0.2, 0) is 0 Å². The maximum Gasteiger partial charge on any atom is 0.182 e. The first-order chi connectivity index (χ1) is 7.62. The summed E-state index contributed by atoms with van der Waals surface area (Å²) in [6.07, 6.45) is 5.32. The number of nitrogens with zero attached hydrogens (tertiary/aromatic N) is 2. The number of nitrogens with one attached hydrogen (secondary N) is 1. The Morgan fingerprint density at radius 1 is 1.44 bits per heavy atom. The Bertz CT molecular complexity index is 340.